The van der Waals surface area contributed by atoms with Gasteiger partial charge in [-0.05, 0) is 33.3 Å². The van der Waals surface area contributed by atoms with Gasteiger partial charge >= 0.3 is 6.09 Å². The molecule has 24 heavy (non-hydrogen) atoms. The maximum atomic E-state index is 12.6. The predicted octanol–water partition coefficient (Wildman–Crippen LogP) is 3.95. The Morgan fingerprint density at radius 3 is 2.79 bits per heavy atom. The van der Waals surface area contributed by atoms with Crippen molar-refractivity contribution in [1.29, 1.82) is 0 Å². The van der Waals surface area contributed by atoms with Crippen molar-refractivity contribution in [2.24, 2.45) is 0 Å². The Morgan fingerprint density at radius 2 is 2.17 bits per heavy atom. The highest BCUT2D eigenvalue weighted by molar-refractivity contribution is 6.31. The molecule has 1 aromatic carbocycles. The van der Waals surface area contributed by atoms with Gasteiger partial charge in [0.25, 0.3) is 5.69 Å². The third-order valence-corrected chi connectivity index (χ3v) is 3.86. The first-order valence-electron chi connectivity index (χ1n) is 7.70. The Labute approximate surface area is 145 Å². The van der Waals surface area contributed by atoms with Gasteiger partial charge in [-0.2, -0.15) is 0 Å². The Hall–Kier alpha value is -1.86. The molecular formula is C16H21ClN2O5. The molecule has 1 heterocycles. The van der Waals surface area contributed by atoms with Gasteiger partial charge < -0.3 is 9.47 Å². The zero-order valence-electron chi connectivity index (χ0n) is 14.0. The van der Waals surface area contributed by atoms with Crippen LogP contribution in [0.15, 0.2) is 18.2 Å². The number of nitro groups is 1. The van der Waals surface area contributed by atoms with Crippen LogP contribution in [0.1, 0.15) is 38.8 Å². The van der Waals surface area contributed by atoms with Crippen molar-refractivity contribution in [1.82, 2.24) is 4.90 Å². The van der Waals surface area contributed by atoms with Crippen molar-refractivity contribution in [3.05, 3.63) is 38.9 Å². The lowest BCUT2D eigenvalue weighted by molar-refractivity contribution is -0.385. The van der Waals surface area contributed by atoms with Crippen LogP contribution in [0.3, 0.4) is 0 Å². The van der Waals surface area contributed by atoms with E-state index in [9.17, 15) is 14.9 Å². The minimum Gasteiger partial charge on any atom is -0.444 e. The van der Waals surface area contributed by atoms with Crippen LogP contribution in [0.25, 0.3) is 0 Å². The number of amides is 1. The monoisotopic (exact) mass is 356 g/mol. The fourth-order valence-electron chi connectivity index (χ4n) is 2.47. The highest BCUT2D eigenvalue weighted by atomic mass is 35.5. The van der Waals surface area contributed by atoms with Crippen LogP contribution in [-0.2, 0) is 9.47 Å². The Balaban J connectivity index is 2.38. The molecule has 0 bridgehead atoms. The number of benzene rings is 1. The first-order valence-corrected chi connectivity index (χ1v) is 8.08. The van der Waals surface area contributed by atoms with Crippen LogP contribution >= 0.6 is 11.6 Å². The fourth-order valence-corrected chi connectivity index (χ4v) is 2.72. The smallest absolute Gasteiger partial charge is 0.410 e. The summed E-state index contributed by atoms with van der Waals surface area (Å²) in [4.78, 5) is 24.6. The molecule has 132 valence electrons. The van der Waals surface area contributed by atoms with Gasteiger partial charge in [0.15, 0.2) is 0 Å². The van der Waals surface area contributed by atoms with Crippen LogP contribution in [0.2, 0.25) is 5.02 Å². The molecule has 0 N–H and O–H groups in total. The molecular weight excluding hydrogens is 336 g/mol. The van der Waals surface area contributed by atoms with Gasteiger partial charge in [-0.3, -0.25) is 15.0 Å². The lowest BCUT2D eigenvalue weighted by Gasteiger charge is -2.32. The van der Waals surface area contributed by atoms with Crippen molar-refractivity contribution in [2.75, 3.05) is 19.8 Å². The van der Waals surface area contributed by atoms with Gasteiger partial charge in [-0.15, -0.1) is 0 Å². The maximum Gasteiger partial charge on any atom is 0.410 e. The van der Waals surface area contributed by atoms with Crippen molar-refractivity contribution < 1.29 is 19.2 Å². The number of rotatable bonds is 2. The van der Waals surface area contributed by atoms with E-state index in [4.69, 9.17) is 21.1 Å². The number of hydrogen-bond donors (Lipinski definition) is 0. The average molecular weight is 357 g/mol. The summed E-state index contributed by atoms with van der Waals surface area (Å²) < 4.78 is 11.0. The lowest BCUT2D eigenvalue weighted by Crippen LogP contribution is -2.40. The Morgan fingerprint density at radius 1 is 1.46 bits per heavy atom. The minimum absolute atomic E-state index is 0.0808. The number of ether oxygens (including phenoxy) is 2. The van der Waals surface area contributed by atoms with Gasteiger partial charge in [0, 0.05) is 35.9 Å². The van der Waals surface area contributed by atoms with E-state index in [0.717, 1.165) is 0 Å². The highest BCUT2D eigenvalue weighted by Crippen LogP contribution is 2.33. The second-order valence-corrected chi connectivity index (χ2v) is 6.99. The molecule has 0 aromatic heterocycles. The van der Waals surface area contributed by atoms with Gasteiger partial charge in [-0.25, -0.2) is 4.79 Å². The second kappa shape index (κ2) is 7.36. The van der Waals surface area contributed by atoms with Crippen LogP contribution in [0, 0.1) is 10.1 Å². The molecule has 1 saturated heterocycles. The van der Waals surface area contributed by atoms with Crippen LogP contribution in [0.5, 0.6) is 0 Å². The number of carbonyl (C=O) groups is 1. The summed E-state index contributed by atoms with van der Waals surface area (Å²) >= 11 is 6.23. The van der Waals surface area contributed by atoms with Crippen molar-refractivity contribution in [2.45, 2.75) is 38.8 Å². The molecule has 1 atom stereocenters. The molecule has 1 unspecified atom stereocenters. The van der Waals surface area contributed by atoms with Gasteiger partial charge in [0.1, 0.15) is 5.60 Å². The van der Waals surface area contributed by atoms with Crippen LogP contribution < -0.4 is 0 Å². The largest absolute Gasteiger partial charge is 0.444 e. The normalized spacial score (nSPS) is 18.8. The Bertz CT molecular complexity index is 629. The lowest BCUT2D eigenvalue weighted by atomic mass is 10.1. The highest BCUT2D eigenvalue weighted by Gasteiger charge is 2.32. The summed E-state index contributed by atoms with van der Waals surface area (Å²) in [5.41, 5.74) is -0.234. The molecule has 0 aliphatic carbocycles. The molecule has 1 aliphatic rings. The molecule has 8 heteroatoms. The van der Waals surface area contributed by atoms with Crippen LogP contribution in [-0.4, -0.2) is 41.3 Å². The van der Waals surface area contributed by atoms with E-state index in [1.54, 1.807) is 20.8 Å². The van der Waals surface area contributed by atoms with E-state index in [2.05, 4.69) is 0 Å². The Kier molecular flexibility index (Phi) is 5.66. The molecule has 0 radical (unpaired) electrons. The summed E-state index contributed by atoms with van der Waals surface area (Å²) in [6, 6.07) is 3.66. The van der Waals surface area contributed by atoms with E-state index in [-0.39, 0.29) is 12.3 Å². The SMILES string of the molecule is CC(C)(C)OC(=O)N1CCCOCC1c1cc([N+](=O)[O-])ccc1Cl. The zero-order chi connectivity index (χ0) is 17.9. The van der Waals surface area contributed by atoms with Crippen molar-refractivity contribution in [3.63, 3.8) is 0 Å². The maximum absolute atomic E-state index is 12.6. The van der Waals surface area contributed by atoms with Gasteiger partial charge in [-0.1, -0.05) is 11.6 Å². The molecule has 1 aliphatic heterocycles. The zero-order valence-corrected chi connectivity index (χ0v) is 14.7. The van der Waals surface area contributed by atoms with Crippen molar-refractivity contribution >= 4 is 23.4 Å². The number of non-ortho nitro benzene ring substituents is 1. The summed E-state index contributed by atoms with van der Waals surface area (Å²) in [6.07, 6.45) is 0.169. The summed E-state index contributed by atoms with van der Waals surface area (Å²) in [5.74, 6) is 0. The third kappa shape index (κ3) is 4.58. The van der Waals surface area contributed by atoms with E-state index >= 15 is 0 Å². The molecule has 7 nitrogen and oxygen atoms in total. The number of hydrogen-bond acceptors (Lipinski definition) is 5. The standard InChI is InChI=1S/C16H21ClN2O5/c1-16(2,3)24-15(20)18-7-4-8-23-10-14(18)12-9-11(19(21)22)5-6-13(12)17/h5-6,9,14H,4,7-8,10H2,1-3H3. The average Bonchev–Trinajstić information content (AvgIpc) is 2.71. The first-order chi connectivity index (χ1) is 11.2. The second-order valence-electron chi connectivity index (χ2n) is 6.58. The van der Waals surface area contributed by atoms with Gasteiger partial charge in [0.05, 0.1) is 17.6 Å². The summed E-state index contributed by atoms with van der Waals surface area (Å²) in [6.45, 7) is 6.50. The van der Waals surface area contributed by atoms with E-state index in [1.807, 2.05) is 0 Å². The quantitative estimate of drug-likeness (QED) is 0.592. The summed E-state index contributed by atoms with van der Waals surface area (Å²) in [5, 5.41) is 11.4. The van der Waals surface area contributed by atoms with Gasteiger partial charge in [0.2, 0.25) is 0 Å². The third-order valence-electron chi connectivity index (χ3n) is 3.52. The van der Waals surface area contributed by atoms with E-state index in [1.165, 1.54) is 23.1 Å². The number of carbonyl (C=O) groups excluding carboxylic acids is 1. The number of nitrogens with zero attached hydrogens (tertiary/aromatic N) is 2. The molecule has 1 amide bonds. The van der Waals surface area contributed by atoms with E-state index in [0.29, 0.717) is 30.2 Å². The molecule has 1 fully saturated rings. The van der Waals surface area contributed by atoms with Crippen LogP contribution in [0.4, 0.5) is 10.5 Å². The number of nitro benzene ring substituents is 1. The molecule has 0 spiro atoms. The van der Waals surface area contributed by atoms with E-state index < -0.39 is 22.7 Å². The first kappa shape index (κ1) is 18.5. The minimum atomic E-state index is -0.638. The molecule has 0 saturated carbocycles. The predicted molar refractivity (Wildman–Crippen MR) is 89.2 cm³/mol. The van der Waals surface area contributed by atoms with Crippen molar-refractivity contribution in [3.8, 4) is 0 Å². The topological polar surface area (TPSA) is 81.9 Å². The molecule has 1 aromatic rings. The number of halogens is 1. The fraction of sp³-hybridized carbons (Fsp3) is 0.562. The summed E-state index contributed by atoms with van der Waals surface area (Å²) in [7, 11) is 0. The molecule has 2 rings (SSSR count).